The smallest absolute Gasteiger partial charge is 0.234 e. The fourth-order valence-corrected chi connectivity index (χ4v) is 4.66. The molecule has 0 saturated carbocycles. The van der Waals surface area contributed by atoms with Gasteiger partial charge in [0.15, 0.2) is 0 Å². The Hall–Kier alpha value is -2.71. The van der Waals surface area contributed by atoms with Crippen LogP contribution in [-0.4, -0.2) is 86.2 Å². The third-order valence-corrected chi connectivity index (χ3v) is 6.34. The van der Waals surface area contributed by atoms with Crippen molar-refractivity contribution in [2.75, 3.05) is 70.4 Å². The van der Waals surface area contributed by atoms with E-state index in [1.54, 1.807) is 12.1 Å². The number of amides is 1. The average Bonchev–Trinajstić information content (AvgIpc) is 2.84. The van der Waals surface area contributed by atoms with E-state index in [0.717, 1.165) is 58.1 Å². The van der Waals surface area contributed by atoms with E-state index in [9.17, 15) is 9.18 Å². The molecule has 2 aliphatic rings. The first kappa shape index (κ1) is 23.4. The van der Waals surface area contributed by atoms with Crippen LogP contribution in [0.4, 0.5) is 10.2 Å². The highest BCUT2D eigenvalue weighted by Crippen LogP contribution is 2.19. The molecule has 0 radical (unpaired) electrons. The largest absolute Gasteiger partial charge is 0.492 e. The Morgan fingerprint density at radius 3 is 2.64 bits per heavy atom. The SMILES string of the molecule is O=C(CN1CCCC(CN2CCN(c3ccccn3)CC2)C1)NCCOc1ccc(F)cc1. The van der Waals surface area contributed by atoms with Gasteiger partial charge in [0.1, 0.15) is 24.0 Å². The summed E-state index contributed by atoms with van der Waals surface area (Å²) in [6.45, 7) is 8.41. The summed E-state index contributed by atoms with van der Waals surface area (Å²) >= 11 is 0. The number of ether oxygens (including phenoxy) is 1. The lowest BCUT2D eigenvalue weighted by atomic mass is 9.97. The molecule has 2 fully saturated rings. The monoisotopic (exact) mass is 455 g/mol. The van der Waals surface area contributed by atoms with Crippen molar-refractivity contribution in [2.45, 2.75) is 12.8 Å². The van der Waals surface area contributed by atoms with E-state index in [0.29, 0.717) is 31.4 Å². The molecule has 2 saturated heterocycles. The first-order chi connectivity index (χ1) is 16.2. The van der Waals surface area contributed by atoms with Gasteiger partial charge in [-0.25, -0.2) is 9.37 Å². The van der Waals surface area contributed by atoms with E-state index < -0.39 is 0 Å². The molecule has 1 aromatic heterocycles. The second-order valence-corrected chi connectivity index (χ2v) is 8.87. The lowest BCUT2D eigenvalue weighted by Gasteiger charge is -2.39. The number of nitrogens with one attached hydrogen (secondary N) is 1. The molecule has 178 valence electrons. The number of carbonyl (C=O) groups is 1. The van der Waals surface area contributed by atoms with Crippen LogP contribution in [0.5, 0.6) is 5.75 Å². The Bertz CT molecular complexity index is 859. The molecule has 1 aromatic carbocycles. The van der Waals surface area contributed by atoms with Crippen LogP contribution in [-0.2, 0) is 4.79 Å². The molecule has 0 bridgehead atoms. The normalized spacial score (nSPS) is 19.9. The summed E-state index contributed by atoms with van der Waals surface area (Å²) in [5.74, 6) is 2.01. The Labute approximate surface area is 195 Å². The van der Waals surface area contributed by atoms with E-state index >= 15 is 0 Å². The highest BCUT2D eigenvalue weighted by Gasteiger charge is 2.25. The van der Waals surface area contributed by atoms with Crippen molar-refractivity contribution in [1.82, 2.24) is 20.1 Å². The Kier molecular flexibility index (Phi) is 8.49. The number of piperidine rings is 1. The summed E-state index contributed by atoms with van der Waals surface area (Å²) in [5.41, 5.74) is 0. The summed E-state index contributed by atoms with van der Waals surface area (Å²) < 4.78 is 18.4. The molecule has 0 spiro atoms. The van der Waals surface area contributed by atoms with Gasteiger partial charge in [-0.15, -0.1) is 0 Å². The third-order valence-electron chi connectivity index (χ3n) is 6.34. The van der Waals surface area contributed by atoms with Gasteiger partial charge in [-0.3, -0.25) is 14.6 Å². The number of anilines is 1. The quantitative estimate of drug-likeness (QED) is 0.586. The molecule has 3 heterocycles. The van der Waals surface area contributed by atoms with E-state index in [-0.39, 0.29) is 11.7 Å². The van der Waals surface area contributed by atoms with Crippen LogP contribution in [0, 0.1) is 11.7 Å². The number of hydrogen-bond donors (Lipinski definition) is 1. The summed E-state index contributed by atoms with van der Waals surface area (Å²) in [5, 5.41) is 2.93. The summed E-state index contributed by atoms with van der Waals surface area (Å²) in [6, 6.07) is 12.0. The number of piperazine rings is 1. The number of benzene rings is 1. The summed E-state index contributed by atoms with van der Waals surface area (Å²) in [6.07, 6.45) is 4.22. The van der Waals surface area contributed by atoms with Crippen LogP contribution >= 0.6 is 0 Å². The van der Waals surface area contributed by atoms with E-state index in [4.69, 9.17) is 4.74 Å². The second kappa shape index (κ2) is 12.0. The molecule has 7 nitrogen and oxygen atoms in total. The standard InChI is InChI=1S/C25H34FN5O2/c26-22-6-8-23(9-7-22)33-17-11-28-25(32)20-30-12-3-4-21(19-30)18-29-13-15-31(16-14-29)24-5-1-2-10-27-24/h1-2,5-10,21H,3-4,11-20H2,(H,28,32). The molecule has 4 rings (SSSR count). The lowest BCUT2D eigenvalue weighted by Crippen LogP contribution is -2.50. The van der Waals surface area contributed by atoms with Gasteiger partial charge in [-0.1, -0.05) is 6.07 Å². The summed E-state index contributed by atoms with van der Waals surface area (Å²) in [4.78, 5) is 24.0. The van der Waals surface area contributed by atoms with Gasteiger partial charge < -0.3 is 15.0 Å². The molecule has 8 heteroatoms. The number of likely N-dealkylation sites (tertiary alicyclic amines) is 1. The van der Waals surface area contributed by atoms with Crippen LogP contribution in [0.15, 0.2) is 48.7 Å². The van der Waals surface area contributed by atoms with Crippen LogP contribution in [0.2, 0.25) is 0 Å². The fraction of sp³-hybridized carbons (Fsp3) is 0.520. The van der Waals surface area contributed by atoms with Crippen molar-refractivity contribution in [3.05, 3.63) is 54.5 Å². The van der Waals surface area contributed by atoms with Crippen molar-refractivity contribution in [3.8, 4) is 5.75 Å². The molecular formula is C25H34FN5O2. The van der Waals surface area contributed by atoms with Gasteiger partial charge >= 0.3 is 0 Å². The maximum Gasteiger partial charge on any atom is 0.234 e. The molecule has 2 aromatic rings. The number of rotatable bonds is 9. The molecule has 1 atom stereocenters. The molecular weight excluding hydrogens is 421 g/mol. The third kappa shape index (κ3) is 7.40. The zero-order chi connectivity index (χ0) is 22.9. The van der Waals surface area contributed by atoms with Gasteiger partial charge in [0.2, 0.25) is 5.91 Å². The lowest BCUT2D eigenvalue weighted by molar-refractivity contribution is -0.122. The first-order valence-electron chi connectivity index (χ1n) is 11.9. The number of hydrogen-bond acceptors (Lipinski definition) is 6. The highest BCUT2D eigenvalue weighted by molar-refractivity contribution is 5.78. The van der Waals surface area contributed by atoms with Crippen molar-refractivity contribution >= 4 is 11.7 Å². The number of nitrogens with zero attached hydrogens (tertiary/aromatic N) is 4. The van der Waals surface area contributed by atoms with Crippen LogP contribution in [0.1, 0.15) is 12.8 Å². The van der Waals surface area contributed by atoms with Gasteiger partial charge in [0.25, 0.3) is 0 Å². The maximum atomic E-state index is 12.9. The summed E-state index contributed by atoms with van der Waals surface area (Å²) in [7, 11) is 0. The number of halogens is 1. The van der Waals surface area contributed by atoms with Gasteiger partial charge in [-0.2, -0.15) is 0 Å². The van der Waals surface area contributed by atoms with E-state index in [1.165, 1.54) is 18.6 Å². The number of carbonyl (C=O) groups excluding carboxylic acids is 1. The van der Waals surface area contributed by atoms with Crippen molar-refractivity contribution in [2.24, 2.45) is 5.92 Å². The van der Waals surface area contributed by atoms with Crippen molar-refractivity contribution in [1.29, 1.82) is 0 Å². The zero-order valence-corrected chi connectivity index (χ0v) is 19.2. The average molecular weight is 456 g/mol. The molecule has 0 aliphatic carbocycles. The Balaban J connectivity index is 1.12. The zero-order valence-electron chi connectivity index (χ0n) is 19.2. The predicted molar refractivity (Wildman–Crippen MR) is 127 cm³/mol. The minimum absolute atomic E-state index is 0.0299. The second-order valence-electron chi connectivity index (χ2n) is 8.87. The minimum Gasteiger partial charge on any atom is -0.492 e. The van der Waals surface area contributed by atoms with Crippen LogP contribution < -0.4 is 15.0 Å². The van der Waals surface area contributed by atoms with Crippen LogP contribution in [0.25, 0.3) is 0 Å². The topological polar surface area (TPSA) is 60.9 Å². The molecule has 1 unspecified atom stereocenters. The van der Waals surface area contributed by atoms with Crippen LogP contribution in [0.3, 0.4) is 0 Å². The van der Waals surface area contributed by atoms with Crippen molar-refractivity contribution < 1.29 is 13.9 Å². The molecule has 2 aliphatic heterocycles. The molecule has 33 heavy (non-hydrogen) atoms. The molecule has 1 amide bonds. The first-order valence-corrected chi connectivity index (χ1v) is 11.9. The van der Waals surface area contributed by atoms with Gasteiger partial charge in [0, 0.05) is 45.5 Å². The maximum absolute atomic E-state index is 12.9. The highest BCUT2D eigenvalue weighted by atomic mass is 19.1. The molecule has 1 N–H and O–H groups in total. The predicted octanol–water partition coefficient (Wildman–Crippen LogP) is 2.25. The van der Waals surface area contributed by atoms with Gasteiger partial charge in [-0.05, 0) is 61.7 Å². The van der Waals surface area contributed by atoms with E-state index in [2.05, 4.69) is 31.1 Å². The number of pyridine rings is 1. The minimum atomic E-state index is -0.290. The van der Waals surface area contributed by atoms with E-state index in [1.807, 2.05) is 18.3 Å². The number of aromatic nitrogens is 1. The Morgan fingerprint density at radius 1 is 1.06 bits per heavy atom. The van der Waals surface area contributed by atoms with Crippen molar-refractivity contribution in [3.63, 3.8) is 0 Å². The van der Waals surface area contributed by atoms with Gasteiger partial charge in [0.05, 0.1) is 13.1 Å². The fourth-order valence-electron chi connectivity index (χ4n) is 4.66. The Morgan fingerprint density at radius 2 is 1.88 bits per heavy atom.